The second-order valence-corrected chi connectivity index (χ2v) is 4.07. The van der Waals surface area contributed by atoms with Crippen molar-refractivity contribution >= 4 is 40.2 Å². The summed E-state index contributed by atoms with van der Waals surface area (Å²) in [6.07, 6.45) is 0. The van der Waals surface area contributed by atoms with Gasteiger partial charge in [-0.1, -0.05) is 23.8 Å². The van der Waals surface area contributed by atoms with Crippen LogP contribution in [0.2, 0.25) is 5.02 Å². The maximum atomic E-state index is 5.92. The second kappa shape index (κ2) is 3.67. The van der Waals surface area contributed by atoms with Gasteiger partial charge in [-0.3, -0.25) is 4.99 Å². The topological polar surface area (TPSA) is 24.4 Å². The van der Waals surface area contributed by atoms with E-state index in [1.54, 1.807) is 0 Å². The summed E-state index contributed by atoms with van der Waals surface area (Å²) >= 11 is 11.0. The molecule has 14 heavy (non-hydrogen) atoms. The number of anilines is 1. The molecule has 2 nitrogen and oxygen atoms in total. The van der Waals surface area contributed by atoms with Crippen LogP contribution in [0.15, 0.2) is 23.2 Å². The minimum absolute atomic E-state index is 0.549. The van der Waals surface area contributed by atoms with E-state index >= 15 is 0 Å². The van der Waals surface area contributed by atoms with Gasteiger partial charge in [-0.2, -0.15) is 0 Å². The largest absolute Gasteiger partial charge is 0.348 e. The third kappa shape index (κ3) is 1.79. The summed E-state index contributed by atoms with van der Waals surface area (Å²) in [5.41, 5.74) is 2.98. The lowest BCUT2D eigenvalue weighted by molar-refractivity contribution is 1.31. The Bertz CT molecular complexity index is 426. The predicted molar refractivity (Wildman–Crippen MR) is 64.8 cm³/mol. The molecule has 0 aromatic heterocycles. The van der Waals surface area contributed by atoms with Crippen LogP contribution in [0, 0.1) is 0 Å². The average Bonchev–Trinajstić information content (AvgIpc) is 2.29. The van der Waals surface area contributed by atoms with Crippen molar-refractivity contribution in [1.82, 2.24) is 0 Å². The van der Waals surface area contributed by atoms with Crippen molar-refractivity contribution in [3.05, 3.63) is 28.8 Å². The zero-order valence-corrected chi connectivity index (χ0v) is 9.25. The van der Waals surface area contributed by atoms with Crippen LogP contribution in [0.4, 0.5) is 5.69 Å². The maximum absolute atomic E-state index is 5.92. The van der Waals surface area contributed by atoms with Crippen LogP contribution in [0.3, 0.4) is 0 Å². The Morgan fingerprint density at radius 2 is 2.29 bits per heavy atom. The van der Waals surface area contributed by atoms with Crippen LogP contribution in [0.1, 0.15) is 12.5 Å². The van der Waals surface area contributed by atoms with E-state index in [1.807, 2.05) is 25.1 Å². The number of aliphatic imine (C=N–C) groups is 1. The van der Waals surface area contributed by atoms with Crippen molar-refractivity contribution in [2.24, 2.45) is 4.99 Å². The number of nitrogens with zero attached hydrogens (tertiary/aromatic N) is 1. The molecule has 0 spiro atoms. The Balaban J connectivity index is 2.57. The first-order valence-corrected chi connectivity index (χ1v) is 5.06. The van der Waals surface area contributed by atoms with Crippen LogP contribution < -0.4 is 5.32 Å². The van der Waals surface area contributed by atoms with Crippen molar-refractivity contribution in [2.45, 2.75) is 6.92 Å². The number of halogens is 1. The van der Waals surface area contributed by atoms with Gasteiger partial charge in [-0.15, -0.1) is 0 Å². The van der Waals surface area contributed by atoms with Crippen molar-refractivity contribution in [2.75, 3.05) is 11.9 Å². The van der Waals surface area contributed by atoms with Crippen LogP contribution in [0.5, 0.6) is 0 Å². The van der Waals surface area contributed by atoms with Crippen LogP contribution in [0.25, 0.3) is 0 Å². The molecule has 0 radical (unpaired) electrons. The predicted octanol–water partition coefficient (Wildman–Crippen LogP) is 2.90. The Morgan fingerprint density at radius 1 is 1.50 bits per heavy atom. The third-order valence-corrected chi connectivity index (χ3v) is 2.57. The number of hydrogen-bond acceptors (Lipinski definition) is 2. The highest BCUT2D eigenvalue weighted by Crippen LogP contribution is 2.23. The quantitative estimate of drug-likeness (QED) is 0.686. The van der Waals surface area contributed by atoms with Crippen molar-refractivity contribution in [1.29, 1.82) is 0 Å². The smallest absolute Gasteiger partial charge is 0.101 e. The highest BCUT2D eigenvalue weighted by atomic mass is 35.5. The lowest BCUT2D eigenvalue weighted by atomic mass is 10.1. The number of nitrogens with one attached hydrogen (secondary N) is 1. The van der Waals surface area contributed by atoms with Crippen molar-refractivity contribution < 1.29 is 0 Å². The first-order chi connectivity index (χ1) is 6.66. The summed E-state index contributed by atoms with van der Waals surface area (Å²) in [4.78, 5) is 5.08. The Hall–Kier alpha value is -0.930. The van der Waals surface area contributed by atoms with Crippen molar-refractivity contribution in [3.63, 3.8) is 0 Å². The molecule has 0 aliphatic carbocycles. The van der Waals surface area contributed by atoms with Gasteiger partial charge in [0, 0.05) is 22.0 Å². The van der Waals surface area contributed by atoms with Gasteiger partial charge in [0.2, 0.25) is 0 Å². The number of fused-ring (bicyclic) bond motifs is 1. The molecular formula is C10H9ClN2S. The van der Waals surface area contributed by atoms with E-state index in [-0.39, 0.29) is 0 Å². The molecule has 1 N–H and O–H groups in total. The fourth-order valence-corrected chi connectivity index (χ4v) is 1.74. The lowest BCUT2D eigenvalue weighted by Gasteiger charge is -2.07. The van der Waals surface area contributed by atoms with Gasteiger partial charge in [0.15, 0.2) is 0 Å². The van der Waals surface area contributed by atoms with E-state index in [1.165, 1.54) is 0 Å². The molecular weight excluding hydrogens is 216 g/mol. The molecule has 0 saturated heterocycles. The van der Waals surface area contributed by atoms with Gasteiger partial charge in [0.1, 0.15) is 4.99 Å². The van der Waals surface area contributed by atoms with E-state index < -0.39 is 0 Å². The van der Waals surface area contributed by atoms with E-state index in [2.05, 4.69) is 10.3 Å². The minimum Gasteiger partial charge on any atom is -0.348 e. The summed E-state index contributed by atoms with van der Waals surface area (Å²) in [6, 6.07) is 5.67. The molecule has 1 aromatic rings. The fraction of sp³-hybridized carbons (Fsp3) is 0.200. The highest BCUT2D eigenvalue weighted by molar-refractivity contribution is 7.80. The molecule has 72 valence electrons. The molecule has 0 amide bonds. The summed E-state index contributed by atoms with van der Waals surface area (Å²) in [5.74, 6) is 0. The molecule has 0 fully saturated rings. The zero-order chi connectivity index (χ0) is 10.1. The summed E-state index contributed by atoms with van der Waals surface area (Å²) in [7, 11) is 0. The third-order valence-electron chi connectivity index (χ3n) is 2.11. The van der Waals surface area contributed by atoms with Gasteiger partial charge in [0.25, 0.3) is 0 Å². The first kappa shape index (κ1) is 9.62. The average molecular weight is 225 g/mol. The summed E-state index contributed by atoms with van der Waals surface area (Å²) in [6.45, 7) is 2.51. The SMILES string of the molecule is CC1=NCC(=S)Nc2ccc(Cl)cc21. The zero-order valence-electron chi connectivity index (χ0n) is 7.67. The maximum Gasteiger partial charge on any atom is 0.101 e. The van der Waals surface area contributed by atoms with Crippen LogP contribution >= 0.6 is 23.8 Å². The van der Waals surface area contributed by atoms with Gasteiger partial charge >= 0.3 is 0 Å². The molecule has 1 heterocycles. The van der Waals surface area contributed by atoms with Crippen molar-refractivity contribution in [3.8, 4) is 0 Å². The minimum atomic E-state index is 0.549. The Morgan fingerprint density at radius 3 is 3.07 bits per heavy atom. The summed E-state index contributed by atoms with van der Waals surface area (Å²) < 4.78 is 0. The van der Waals surface area contributed by atoms with Crippen LogP contribution in [-0.2, 0) is 0 Å². The number of benzodiazepines with no additional fused rings is 1. The number of thiocarbonyl (C=S) groups is 1. The molecule has 1 aliphatic heterocycles. The lowest BCUT2D eigenvalue weighted by Crippen LogP contribution is -2.10. The number of hydrogen-bond donors (Lipinski definition) is 1. The van der Waals surface area contributed by atoms with E-state index in [9.17, 15) is 0 Å². The molecule has 1 aliphatic rings. The normalized spacial score (nSPS) is 15.3. The van der Waals surface area contributed by atoms with Crippen LogP contribution in [-0.4, -0.2) is 17.2 Å². The molecule has 4 heteroatoms. The molecule has 0 saturated carbocycles. The molecule has 0 unspecified atom stereocenters. The van der Waals surface area contributed by atoms with E-state index in [0.717, 1.165) is 22.0 Å². The number of rotatable bonds is 0. The Labute approximate surface area is 93.0 Å². The van der Waals surface area contributed by atoms with Gasteiger partial charge < -0.3 is 5.32 Å². The molecule has 1 aromatic carbocycles. The molecule has 2 rings (SSSR count). The second-order valence-electron chi connectivity index (χ2n) is 3.14. The summed E-state index contributed by atoms with van der Waals surface area (Å²) in [5, 5.41) is 3.85. The molecule has 0 atom stereocenters. The highest BCUT2D eigenvalue weighted by Gasteiger charge is 2.11. The first-order valence-electron chi connectivity index (χ1n) is 4.27. The monoisotopic (exact) mass is 224 g/mol. The standard InChI is InChI=1S/C10H9ClN2S/c1-6-8-4-7(11)2-3-9(8)13-10(14)5-12-6/h2-4H,5H2,1H3,(H,13,14). The van der Waals surface area contributed by atoms with E-state index in [0.29, 0.717) is 11.6 Å². The fourth-order valence-electron chi connectivity index (χ4n) is 1.39. The van der Waals surface area contributed by atoms with Gasteiger partial charge in [-0.05, 0) is 25.1 Å². The number of benzene rings is 1. The molecule has 0 bridgehead atoms. The van der Waals surface area contributed by atoms with Gasteiger partial charge in [0.05, 0.1) is 6.54 Å². The van der Waals surface area contributed by atoms with Gasteiger partial charge in [-0.25, -0.2) is 0 Å². The Kier molecular flexibility index (Phi) is 2.52. The van der Waals surface area contributed by atoms with E-state index in [4.69, 9.17) is 23.8 Å².